The third-order valence-corrected chi connectivity index (χ3v) is 4.58. The van der Waals surface area contributed by atoms with Gasteiger partial charge in [-0.15, -0.1) is 11.3 Å². The van der Waals surface area contributed by atoms with E-state index in [1.165, 1.54) is 11.1 Å². The summed E-state index contributed by atoms with van der Waals surface area (Å²) in [5.41, 5.74) is 0.655. The van der Waals surface area contributed by atoms with Crippen molar-refractivity contribution in [2.24, 2.45) is 0 Å². The Bertz CT molecular complexity index is 642. The summed E-state index contributed by atoms with van der Waals surface area (Å²) < 4.78 is 4.72. The van der Waals surface area contributed by atoms with Gasteiger partial charge in [0.1, 0.15) is 12.0 Å². The van der Waals surface area contributed by atoms with Gasteiger partial charge in [0.05, 0.1) is 19.0 Å². The van der Waals surface area contributed by atoms with Gasteiger partial charge in [-0.3, -0.25) is 14.5 Å². The number of piperazine rings is 1. The van der Waals surface area contributed by atoms with Crippen molar-refractivity contribution in [1.82, 2.24) is 20.7 Å². The Balaban J connectivity index is 1.57. The van der Waals surface area contributed by atoms with Crippen LogP contribution in [0.15, 0.2) is 34.4 Å². The molecule has 0 saturated carbocycles. The van der Waals surface area contributed by atoms with E-state index >= 15 is 0 Å². The van der Waals surface area contributed by atoms with Crippen molar-refractivity contribution < 1.29 is 14.1 Å². The Morgan fingerprint density at radius 1 is 1.52 bits per heavy atom. The zero-order chi connectivity index (χ0) is 16.1. The molecule has 0 spiro atoms. The van der Waals surface area contributed by atoms with E-state index in [0.717, 1.165) is 6.54 Å². The molecule has 2 amide bonds. The van der Waals surface area contributed by atoms with Crippen LogP contribution in [0.2, 0.25) is 0 Å². The molecule has 1 atom stereocenters. The summed E-state index contributed by atoms with van der Waals surface area (Å²) in [6.45, 7) is 2.34. The molecule has 23 heavy (non-hydrogen) atoms. The summed E-state index contributed by atoms with van der Waals surface area (Å²) in [6, 6.07) is 5.28. The Morgan fingerprint density at radius 2 is 2.43 bits per heavy atom. The van der Waals surface area contributed by atoms with Gasteiger partial charge in [0.2, 0.25) is 11.8 Å². The van der Waals surface area contributed by atoms with Gasteiger partial charge < -0.3 is 15.2 Å². The highest BCUT2D eigenvalue weighted by molar-refractivity contribution is 7.09. The number of thiophene rings is 1. The molecule has 2 N–H and O–H groups in total. The lowest BCUT2D eigenvalue weighted by atomic mass is 10.1. The number of rotatable bonds is 6. The number of carbonyl (C=O) groups is 2. The molecular formula is C15H18N4O3S. The van der Waals surface area contributed by atoms with E-state index in [9.17, 15) is 9.59 Å². The summed E-state index contributed by atoms with van der Waals surface area (Å²) in [5, 5.41) is 11.3. The van der Waals surface area contributed by atoms with Crippen molar-refractivity contribution >= 4 is 23.2 Å². The minimum atomic E-state index is -0.442. The summed E-state index contributed by atoms with van der Waals surface area (Å²) in [5.74, 6) is -0.268. The first kappa shape index (κ1) is 15.7. The van der Waals surface area contributed by atoms with Crippen LogP contribution in [0.4, 0.5) is 0 Å². The Hall–Kier alpha value is -2.19. The van der Waals surface area contributed by atoms with Crippen LogP contribution in [0.25, 0.3) is 0 Å². The van der Waals surface area contributed by atoms with E-state index in [1.807, 2.05) is 17.5 Å². The molecule has 0 unspecified atom stereocenters. The standard InChI is InChI=1S/C15H18N4O3S/c20-14(17-9-11-3-6-22-18-11)8-13-15(21)16-4-5-19(13)10-12-2-1-7-23-12/h1-3,6-7,13H,4-5,8-10H2,(H,16,21)(H,17,20)/t13-/m0/s1. The molecule has 1 saturated heterocycles. The van der Waals surface area contributed by atoms with Gasteiger partial charge in [-0.1, -0.05) is 11.2 Å². The van der Waals surface area contributed by atoms with Crippen LogP contribution in [0.3, 0.4) is 0 Å². The molecule has 2 aromatic heterocycles. The van der Waals surface area contributed by atoms with Crippen molar-refractivity contribution in [3.8, 4) is 0 Å². The van der Waals surface area contributed by atoms with E-state index < -0.39 is 6.04 Å². The van der Waals surface area contributed by atoms with Gasteiger partial charge in [0.15, 0.2) is 0 Å². The average molecular weight is 334 g/mol. The van der Waals surface area contributed by atoms with Crippen molar-refractivity contribution in [1.29, 1.82) is 0 Å². The molecule has 1 aliphatic rings. The number of hydrogen-bond donors (Lipinski definition) is 2. The van der Waals surface area contributed by atoms with E-state index in [0.29, 0.717) is 25.3 Å². The predicted molar refractivity (Wildman–Crippen MR) is 84.5 cm³/mol. The number of aromatic nitrogens is 1. The molecule has 122 valence electrons. The van der Waals surface area contributed by atoms with Gasteiger partial charge in [-0.05, 0) is 11.4 Å². The van der Waals surface area contributed by atoms with Crippen LogP contribution in [0, 0.1) is 0 Å². The number of hydrogen-bond acceptors (Lipinski definition) is 6. The summed E-state index contributed by atoms with van der Waals surface area (Å²) in [4.78, 5) is 27.5. The zero-order valence-corrected chi connectivity index (χ0v) is 13.3. The van der Waals surface area contributed by atoms with Gasteiger partial charge >= 0.3 is 0 Å². The molecule has 1 fully saturated rings. The molecule has 0 aromatic carbocycles. The number of amides is 2. The number of nitrogens with one attached hydrogen (secondary N) is 2. The normalized spacial score (nSPS) is 18.6. The van der Waals surface area contributed by atoms with E-state index in [1.54, 1.807) is 17.4 Å². The second-order valence-electron chi connectivity index (χ2n) is 5.33. The van der Waals surface area contributed by atoms with Gasteiger partial charge in [-0.2, -0.15) is 0 Å². The fourth-order valence-electron chi connectivity index (χ4n) is 2.54. The quantitative estimate of drug-likeness (QED) is 0.814. The molecule has 2 aromatic rings. The van der Waals surface area contributed by atoms with Crippen LogP contribution < -0.4 is 10.6 Å². The van der Waals surface area contributed by atoms with Gasteiger partial charge in [-0.25, -0.2) is 0 Å². The Morgan fingerprint density at radius 3 is 3.17 bits per heavy atom. The van der Waals surface area contributed by atoms with Gasteiger partial charge in [0.25, 0.3) is 0 Å². The summed E-state index contributed by atoms with van der Waals surface area (Å²) >= 11 is 1.65. The van der Waals surface area contributed by atoms with Crippen LogP contribution in [0.1, 0.15) is 17.0 Å². The number of nitrogens with zero attached hydrogens (tertiary/aromatic N) is 2. The minimum absolute atomic E-state index is 0.0932. The molecule has 0 bridgehead atoms. The maximum absolute atomic E-state index is 12.1. The highest BCUT2D eigenvalue weighted by Crippen LogP contribution is 2.17. The molecule has 0 radical (unpaired) electrons. The van der Waals surface area contributed by atoms with Crippen molar-refractivity contribution in [2.45, 2.75) is 25.6 Å². The molecule has 1 aliphatic heterocycles. The lowest BCUT2D eigenvalue weighted by Crippen LogP contribution is -2.56. The largest absolute Gasteiger partial charge is 0.364 e. The maximum Gasteiger partial charge on any atom is 0.237 e. The minimum Gasteiger partial charge on any atom is -0.364 e. The highest BCUT2D eigenvalue weighted by Gasteiger charge is 2.31. The smallest absolute Gasteiger partial charge is 0.237 e. The van der Waals surface area contributed by atoms with Crippen LogP contribution in [-0.2, 0) is 22.7 Å². The van der Waals surface area contributed by atoms with E-state index in [2.05, 4.69) is 20.7 Å². The maximum atomic E-state index is 12.1. The van der Waals surface area contributed by atoms with Crippen molar-refractivity contribution in [3.05, 3.63) is 40.4 Å². The Kier molecular flexibility index (Phi) is 5.04. The monoisotopic (exact) mass is 334 g/mol. The second-order valence-corrected chi connectivity index (χ2v) is 6.36. The van der Waals surface area contributed by atoms with Crippen LogP contribution >= 0.6 is 11.3 Å². The molecule has 7 nitrogen and oxygen atoms in total. The van der Waals surface area contributed by atoms with Gasteiger partial charge in [0, 0.05) is 30.6 Å². The SMILES string of the molecule is O=C(C[C@H]1C(=O)NCCN1Cc1cccs1)NCc1ccon1. The third-order valence-electron chi connectivity index (χ3n) is 3.72. The first-order chi connectivity index (χ1) is 11.2. The summed E-state index contributed by atoms with van der Waals surface area (Å²) in [6.07, 6.45) is 1.59. The lowest BCUT2D eigenvalue weighted by Gasteiger charge is -2.34. The number of carbonyl (C=O) groups excluding carboxylic acids is 2. The fraction of sp³-hybridized carbons (Fsp3) is 0.400. The topological polar surface area (TPSA) is 87.5 Å². The second kappa shape index (κ2) is 7.38. The predicted octanol–water partition coefficient (Wildman–Crippen LogP) is 0.743. The third kappa shape index (κ3) is 4.17. The molecular weight excluding hydrogens is 316 g/mol. The lowest BCUT2D eigenvalue weighted by molar-refractivity contribution is -0.134. The summed E-state index contributed by atoms with van der Waals surface area (Å²) in [7, 11) is 0. The van der Waals surface area contributed by atoms with Crippen molar-refractivity contribution in [3.63, 3.8) is 0 Å². The molecule has 3 heterocycles. The first-order valence-electron chi connectivity index (χ1n) is 7.42. The molecule has 0 aliphatic carbocycles. The van der Waals surface area contributed by atoms with E-state index in [4.69, 9.17) is 4.52 Å². The molecule has 8 heteroatoms. The molecule has 3 rings (SSSR count). The van der Waals surface area contributed by atoms with Crippen LogP contribution in [0.5, 0.6) is 0 Å². The average Bonchev–Trinajstić information content (AvgIpc) is 3.22. The highest BCUT2D eigenvalue weighted by atomic mass is 32.1. The fourth-order valence-corrected chi connectivity index (χ4v) is 3.27. The van der Waals surface area contributed by atoms with Crippen molar-refractivity contribution in [2.75, 3.05) is 13.1 Å². The Labute approximate surface area is 137 Å². The van der Waals surface area contributed by atoms with E-state index in [-0.39, 0.29) is 18.2 Å². The first-order valence-corrected chi connectivity index (χ1v) is 8.30. The van der Waals surface area contributed by atoms with Crippen LogP contribution in [-0.4, -0.2) is 41.0 Å². The zero-order valence-electron chi connectivity index (χ0n) is 12.5.